The highest BCUT2D eigenvalue weighted by Gasteiger charge is 2.35. The van der Waals surface area contributed by atoms with Gasteiger partial charge in [-0.1, -0.05) is 18.2 Å². The van der Waals surface area contributed by atoms with Crippen molar-refractivity contribution in [3.8, 4) is 0 Å². The molecule has 1 aromatic heterocycles. The number of carbonyl (C=O) groups excluding carboxylic acids is 2. The van der Waals surface area contributed by atoms with Crippen molar-refractivity contribution in [3.05, 3.63) is 48.3 Å². The zero-order valence-electron chi connectivity index (χ0n) is 12.2. The molecule has 1 unspecified atom stereocenters. The molecule has 1 saturated heterocycles. The minimum Gasteiger partial charge on any atom is -0.311 e. The lowest BCUT2D eigenvalue weighted by atomic mass is 10.1. The zero-order chi connectivity index (χ0) is 15.5. The van der Waals surface area contributed by atoms with Gasteiger partial charge in [0.05, 0.1) is 5.92 Å². The van der Waals surface area contributed by atoms with Crippen LogP contribution in [0.15, 0.2) is 42.7 Å². The Morgan fingerprint density at radius 1 is 1.23 bits per heavy atom. The van der Waals surface area contributed by atoms with Crippen molar-refractivity contribution in [2.75, 3.05) is 16.8 Å². The molecule has 1 fully saturated rings. The molecule has 0 spiro atoms. The number of para-hydroxylation sites is 1. The molecule has 0 bridgehead atoms. The molecular weight excluding hydrogens is 280 g/mol. The second kappa shape index (κ2) is 5.93. The van der Waals surface area contributed by atoms with E-state index in [1.54, 1.807) is 23.4 Å². The van der Waals surface area contributed by atoms with E-state index >= 15 is 0 Å². The molecule has 6 nitrogen and oxygen atoms in total. The topological polar surface area (TPSA) is 75.2 Å². The maximum absolute atomic E-state index is 12.3. The van der Waals surface area contributed by atoms with Crippen LogP contribution in [0.4, 0.5) is 11.6 Å². The number of aryl methyl sites for hydroxylation is 1. The molecule has 6 heteroatoms. The molecule has 1 atom stereocenters. The molecule has 22 heavy (non-hydrogen) atoms. The zero-order valence-corrected chi connectivity index (χ0v) is 12.2. The number of nitrogens with zero attached hydrogens (tertiary/aromatic N) is 3. The third-order valence-corrected chi connectivity index (χ3v) is 3.70. The maximum atomic E-state index is 12.3. The van der Waals surface area contributed by atoms with Crippen LogP contribution in [-0.4, -0.2) is 28.3 Å². The third kappa shape index (κ3) is 2.81. The molecule has 3 rings (SSSR count). The molecule has 1 aromatic carbocycles. The van der Waals surface area contributed by atoms with Gasteiger partial charge in [-0.25, -0.2) is 9.97 Å². The molecule has 0 saturated carbocycles. The Balaban J connectivity index is 1.72. The van der Waals surface area contributed by atoms with Gasteiger partial charge < -0.3 is 4.90 Å². The van der Waals surface area contributed by atoms with Gasteiger partial charge in [-0.15, -0.1) is 0 Å². The smallest absolute Gasteiger partial charge is 0.232 e. The predicted octanol–water partition coefficient (Wildman–Crippen LogP) is 1.78. The number of amides is 2. The molecular formula is C16H16N4O2. The fourth-order valence-corrected chi connectivity index (χ4v) is 2.56. The van der Waals surface area contributed by atoms with E-state index in [9.17, 15) is 9.59 Å². The Bertz CT molecular complexity index is 702. The minimum absolute atomic E-state index is 0.0385. The van der Waals surface area contributed by atoms with E-state index in [1.807, 2.05) is 31.2 Å². The molecule has 0 radical (unpaired) electrons. The van der Waals surface area contributed by atoms with Crippen molar-refractivity contribution in [3.63, 3.8) is 0 Å². The predicted molar refractivity (Wildman–Crippen MR) is 82.3 cm³/mol. The van der Waals surface area contributed by atoms with E-state index in [2.05, 4.69) is 15.3 Å². The first-order valence-corrected chi connectivity index (χ1v) is 7.09. The van der Waals surface area contributed by atoms with Crippen LogP contribution in [0.2, 0.25) is 0 Å². The molecule has 0 aliphatic carbocycles. The molecule has 1 N–H and O–H groups in total. The van der Waals surface area contributed by atoms with E-state index in [-0.39, 0.29) is 24.2 Å². The number of carbonyl (C=O) groups is 2. The summed E-state index contributed by atoms with van der Waals surface area (Å²) in [6.07, 6.45) is 3.32. The molecule has 2 heterocycles. The first-order chi connectivity index (χ1) is 10.6. The van der Waals surface area contributed by atoms with Crippen LogP contribution in [0.1, 0.15) is 12.0 Å². The van der Waals surface area contributed by atoms with Crippen LogP contribution in [0.25, 0.3) is 0 Å². The highest BCUT2D eigenvalue weighted by molar-refractivity contribution is 6.03. The number of benzene rings is 1. The summed E-state index contributed by atoms with van der Waals surface area (Å²) in [5.74, 6) is -0.399. The molecule has 1 aliphatic heterocycles. The van der Waals surface area contributed by atoms with Crippen molar-refractivity contribution in [1.29, 1.82) is 0 Å². The highest BCUT2D eigenvalue weighted by atomic mass is 16.2. The lowest BCUT2D eigenvalue weighted by molar-refractivity contribution is -0.122. The normalized spacial score (nSPS) is 17.6. The summed E-state index contributed by atoms with van der Waals surface area (Å²) in [6, 6.07) is 9.34. The minimum atomic E-state index is -0.393. The van der Waals surface area contributed by atoms with Crippen molar-refractivity contribution < 1.29 is 9.59 Å². The molecule has 2 aromatic rings. The highest BCUT2D eigenvalue weighted by Crippen LogP contribution is 2.28. The molecule has 112 valence electrons. The van der Waals surface area contributed by atoms with Gasteiger partial charge in [0.1, 0.15) is 0 Å². The largest absolute Gasteiger partial charge is 0.311 e. The second-order valence-electron chi connectivity index (χ2n) is 5.25. The van der Waals surface area contributed by atoms with E-state index in [0.29, 0.717) is 6.54 Å². The number of hydrogen-bond acceptors (Lipinski definition) is 4. The van der Waals surface area contributed by atoms with E-state index in [0.717, 1.165) is 11.3 Å². The Hall–Kier alpha value is -2.76. The number of hydrogen-bond donors (Lipinski definition) is 1. The number of aromatic nitrogens is 2. The van der Waals surface area contributed by atoms with Crippen LogP contribution in [0.5, 0.6) is 0 Å². The average Bonchev–Trinajstić information content (AvgIpc) is 2.91. The number of rotatable bonds is 3. The fourth-order valence-electron chi connectivity index (χ4n) is 2.56. The molecule has 2 amide bonds. The van der Waals surface area contributed by atoms with Gasteiger partial charge in [-0.2, -0.15) is 0 Å². The average molecular weight is 296 g/mol. The standard InChI is InChI=1S/C16H16N4O2/c1-11-5-2-3-6-13(11)20-10-12(9-14(20)21)15(22)19-16-17-7-4-8-18-16/h2-8,12H,9-10H2,1H3,(H,17,18,19,22). The lowest BCUT2D eigenvalue weighted by Crippen LogP contribution is -2.28. The van der Waals surface area contributed by atoms with Crippen LogP contribution in [0, 0.1) is 12.8 Å². The first kappa shape index (κ1) is 14.2. The summed E-state index contributed by atoms with van der Waals surface area (Å²) in [7, 11) is 0. The van der Waals surface area contributed by atoms with Gasteiger partial charge in [0.2, 0.25) is 17.8 Å². The van der Waals surface area contributed by atoms with Crippen LogP contribution >= 0.6 is 0 Å². The van der Waals surface area contributed by atoms with Crippen LogP contribution < -0.4 is 10.2 Å². The fraction of sp³-hybridized carbons (Fsp3) is 0.250. The summed E-state index contributed by atoms with van der Waals surface area (Å²) < 4.78 is 0. The third-order valence-electron chi connectivity index (χ3n) is 3.70. The van der Waals surface area contributed by atoms with Crippen LogP contribution in [0.3, 0.4) is 0 Å². The Morgan fingerprint density at radius 2 is 1.95 bits per heavy atom. The van der Waals surface area contributed by atoms with Crippen molar-refractivity contribution >= 4 is 23.5 Å². The first-order valence-electron chi connectivity index (χ1n) is 7.09. The number of anilines is 2. The monoisotopic (exact) mass is 296 g/mol. The van der Waals surface area contributed by atoms with E-state index < -0.39 is 5.92 Å². The van der Waals surface area contributed by atoms with Crippen molar-refractivity contribution in [2.45, 2.75) is 13.3 Å². The summed E-state index contributed by atoms with van der Waals surface area (Å²) in [6.45, 7) is 2.33. The van der Waals surface area contributed by atoms with Crippen molar-refractivity contribution in [1.82, 2.24) is 9.97 Å². The van der Waals surface area contributed by atoms with Gasteiger partial charge in [-0.3, -0.25) is 14.9 Å². The quantitative estimate of drug-likeness (QED) is 0.936. The maximum Gasteiger partial charge on any atom is 0.232 e. The summed E-state index contributed by atoms with van der Waals surface area (Å²) >= 11 is 0. The van der Waals surface area contributed by atoms with Gasteiger partial charge in [0.25, 0.3) is 0 Å². The van der Waals surface area contributed by atoms with Gasteiger partial charge in [-0.05, 0) is 24.6 Å². The van der Waals surface area contributed by atoms with E-state index in [4.69, 9.17) is 0 Å². The number of nitrogens with one attached hydrogen (secondary N) is 1. The van der Waals surface area contributed by atoms with E-state index in [1.165, 1.54) is 0 Å². The lowest BCUT2D eigenvalue weighted by Gasteiger charge is -2.18. The summed E-state index contributed by atoms with van der Waals surface area (Å²) in [5.41, 5.74) is 1.88. The molecule has 1 aliphatic rings. The second-order valence-corrected chi connectivity index (χ2v) is 5.25. The van der Waals surface area contributed by atoms with Gasteiger partial charge >= 0.3 is 0 Å². The van der Waals surface area contributed by atoms with Gasteiger partial charge in [0.15, 0.2) is 0 Å². The Morgan fingerprint density at radius 3 is 2.68 bits per heavy atom. The van der Waals surface area contributed by atoms with Crippen LogP contribution in [-0.2, 0) is 9.59 Å². The Labute approximate surface area is 128 Å². The SMILES string of the molecule is Cc1ccccc1N1CC(C(=O)Nc2ncccn2)CC1=O. The summed E-state index contributed by atoms with van der Waals surface area (Å²) in [5, 5.41) is 2.65. The Kier molecular flexibility index (Phi) is 3.82. The van der Waals surface area contributed by atoms with Crippen molar-refractivity contribution in [2.24, 2.45) is 5.92 Å². The van der Waals surface area contributed by atoms with Gasteiger partial charge in [0, 0.05) is 31.0 Å². The summed E-state index contributed by atoms with van der Waals surface area (Å²) in [4.78, 5) is 34.1.